The van der Waals surface area contributed by atoms with Crippen LogP contribution in [0.5, 0.6) is 5.75 Å². The molecule has 5 rings (SSSR count). The van der Waals surface area contributed by atoms with Gasteiger partial charge in [-0.2, -0.15) is 0 Å². The predicted octanol–water partition coefficient (Wildman–Crippen LogP) is 6.24. The van der Waals surface area contributed by atoms with Crippen LogP contribution in [0.25, 0.3) is 0 Å². The van der Waals surface area contributed by atoms with Gasteiger partial charge in [-0.05, 0) is 72.5 Å². The number of carbonyl (C=O) groups excluding carboxylic acids is 2. The molecule has 1 N–H and O–H groups in total. The summed E-state index contributed by atoms with van der Waals surface area (Å²) in [5.74, 6) is -0.287. The number of amides is 2. The zero-order valence-corrected chi connectivity index (χ0v) is 27.3. The first-order chi connectivity index (χ1) is 22.2. The number of nitrogens with one attached hydrogen (secondary N) is 1. The maximum absolute atomic E-state index is 14.6. The number of halogens is 1. The Balaban J connectivity index is 1.55. The lowest BCUT2D eigenvalue weighted by Gasteiger charge is -2.34. The molecule has 2 amide bonds. The van der Waals surface area contributed by atoms with Crippen molar-refractivity contribution in [3.8, 4) is 5.75 Å². The van der Waals surface area contributed by atoms with Crippen molar-refractivity contribution in [2.24, 2.45) is 0 Å². The molecule has 4 aromatic carbocycles. The van der Waals surface area contributed by atoms with Crippen molar-refractivity contribution < 1.29 is 22.7 Å². The van der Waals surface area contributed by atoms with Gasteiger partial charge in [-0.1, -0.05) is 85.1 Å². The second-order valence-corrected chi connectivity index (χ2v) is 13.7. The summed E-state index contributed by atoms with van der Waals surface area (Å²) in [4.78, 5) is 30.1. The Hall–Kier alpha value is -4.34. The van der Waals surface area contributed by atoms with E-state index in [4.69, 9.17) is 16.3 Å². The molecule has 240 valence electrons. The van der Waals surface area contributed by atoms with E-state index in [1.165, 1.54) is 24.1 Å². The third kappa shape index (κ3) is 8.27. The zero-order valence-electron chi connectivity index (χ0n) is 25.7. The molecule has 0 bridgehead atoms. The van der Waals surface area contributed by atoms with Gasteiger partial charge in [0.1, 0.15) is 18.3 Å². The van der Waals surface area contributed by atoms with Gasteiger partial charge in [0.25, 0.3) is 10.0 Å². The molecule has 0 radical (unpaired) electrons. The Morgan fingerprint density at radius 1 is 0.870 bits per heavy atom. The Kier molecular flexibility index (Phi) is 11.0. The summed E-state index contributed by atoms with van der Waals surface area (Å²) in [7, 11) is -2.70. The quantitative estimate of drug-likeness (QED) is 0.183. The Morgan fingerprint density at radius 2 is 1.50 bits per heavy atom. The molecule has 4 aromatic rings. The Morgan fingerprint density at radius 3 is 2.13 bits per heavy atom. The lowest BCUT2D eigenvalue weighted by molar-refractivity contribution is -0.140. The van der Waals surface area contributed by atoms with Crippen molar-refractivity contribution in [3.63, 3.8) is 0 Å². The molecule has 0 aliphatic heterocycles. The lowest BCUT2D eigenvalue weighted by Crippen LogP contribution is -2.54. The fraction of sp³-hybridized carbons (Fsp3) is 0.278. The van der Waals surface area contributed by atoms with Crippen LogP contribution in [-0.2, 0) is 32.6 Å². The van der Waals surface area contributed by atoms with Crippen LogP contribution in [0, 0.1) is 0 Å². The molecule has 10 heteroatoms. The molecule has 1 fully saturated rings. The van der Waals surface area contributed by atoms with Gasteiger partial charge >= 0.3 is 0 Å². The van der Waals surface area contributed by atoms with Gasteiger partial charge in [0.2, 0.25) is 11.8 Å². The molecule has 0 aromatic heterocycles. The maximum Gasteiger partial charge on any atom is 0.264 e. The summed E-state index contributed by atoms with van der Waals surface area (Å²) in [6.07, 6.45) is 4.09. The van der Waals surface area contributed by atoms with Crippen molar-refractivity contribution in [2.45, 2.75) is 55.6 Å². The van der Waals surface area contributed by atoms with Crippen LogP contribution in [0.1, 0.15) is 36.8 Å². The highest BCUT2D eigenvalue weighted by molar-refractivity contribution is 7.92. The average molecular weight is 660 g/mol. The summed E-state index contributed by atoms with van der Waals surface area (Å²) in [5, 5.41) is 3.67. The summed E-state index contributed by atoms with van der Waals surface area (Å²) >= 11 is 6.33. The van der Waals surface area contributed by atoms with Crippen molar-refractivity contribution in [1.82, 2.24) is 10.2 Å². The highest BCUT2D eigenvalue weighted by Gasteiger charge is 2.35. The number of anilines is 1. The van der Waals surface area contributed by atoms with Crippen molar-refractivity contribution >= 4 is 39.1 Å². The highest BCUT2D eigenvalue weighted by atomic mass is 35.5. The third-order valence-electron chi connectivity index (χ3n) is 8.19. The SMILES string of the molecule is COc1ccc(S(=O)(=O)N(CC(=O)N(Cc2cccc(Cl)c2)C(Cc2ccccc2)C(=O)NC2CCCC2)c2ccccc2)cc1. The molecule has 1 aliphatic rings. The van der Waals surface area contributed by atoms with Crippen LogP contribution < -0.4 is 14.4 Å². The smallest absolute Gasteiger partial charge is 0.264 e. The van der Waals surface area contributed by atoms with Gasteiger partial charge in [-0.3, -0.25) is 13.9 Å². The molecule has 8 nitrogen and oxygen atoms in total. The second-order valence-electron chi connectivity index (χ2n) is 11.4. The second kappa shape index (κ2) is 15.3. The normalized spacial score (nSPS) is 14.0. The molecule has 1 saturated carbocycles. The largest absolute Gasteiger partial charge is 0.497 e. The number of benzene rings is 4. The van der Waals surface area contributed by atoms with E-state index in [1.54, 1.807) is 60.7 Å². The summed E-state index contributed by atoms with van der Waals surface area (Å²) < 4.78 is 34.6. The van der Waals surface area contributed by atoms with E-state index in [1.807, 2.05) is 36.4 Å². The molecular formula is C36H38ClN3O5S. The van der Waals surface area contributed by atoms with Gasteiger partial charge in [0, 0.05) is 24.0 Å². The van der Waals surface area contributed by atoms with E-state index >= 15 is 0 Å². The predicted molar refractivity (Wildman–Crippen MR) is 180 cm³/mol. The molecule has 1 atom stereocenters. The van der Waals surface area contributed by atoms with Crippen LogP contribution in [0.4, 0.5) is 5.69 Å². The number of para-hydroxylation sites is 1. The molecule has 0 heterocycles. The fourth-order valence-corrected chi connectivity index (χ4v) is 7.38. The van der Waals surface area contributed by atoms with E-state index < -0.39 is 28.5 Å². The van der Waals surface area contributed by atoms with Gasteiger partial charge in [-0.25, -0.2) is 8.42 Å². The minimum absolute atomic E-state index is 0.00570. The van der Waals surface area contributed by atoms with Gasteiger partial charge < -0.3 is 15.0 Å². The summed E-state index contributed by atoms with van der Waals surface area (Å²) in [6, 6.07) is 30.3. The van der Waals surface area contributed by atoms with E-state index in [9.17, 15) is 18.0 Å². The maximum atomic E-state index is 14.6. The summed E-state index contributed by atoms with van der Waals surface area (Å²) in [6.45, 7) is -0.471. The molecular weight excluding hydrogens is 622 g/mol. The van der Waals surface area contributed by atoms with E-state index in [0.717, 1.165) is 41.1 Å². The van der Waals surface area contributed by atoms with Crippen LogP contribution in [0.3, 0.4) is 0 Å². The van der Waals surface area contributed by atoms with Crippen molar-refractivity contribution in [2.75, 3.05) is 18.0 Å². The van der Waals surface area contributed by atoms with Gasteiger partial charge in [-0.15, -0.1) is 0 Å². The first kappa shape index (κ1) is 33.0. The minimum atomic E-state index is -4.20. The number of hydrogen-bond donors (Lipinski definition) is 1. The topological polar surface area (TPSA) is 96.0 Å². The number of carbonyl (C=O) groups is 2. The first-order valence-electron chi connectivity index (χ1n) is 15.3. The van der Waals surface area contributed by atoms with Gasteiger partial charge in [0.05, 0.1) is 17.7 Å². The molecule has 0 saturated heterocycles. The van der Waals surface area contributed by atoms with Crippen LogP contribution >= 0.6 is 11.6 Å². The number of rotatable bonds is 13. The third-order valence-corrected chi connectivity index (χ3v) is 10.2. The van der Waals surface area contributed by atoms with E-state index in [2.05, 4.69) is 5.32 Å². The minimum Gasteiger partial charge on any atom is -0.497 e. The molecule has 1 unspecified atom stereocenters. The van der Waals surface area contributed by atoms with E-state index in [0.29, 0.717) is 16.5 Å². The van der Waals surface area contributed by atoms with Gasteiger partial charge in [0.15, 0.2) is 0 Å². The number of sulfonamides is 1. The van der Waals surface area contributed by atoms with Crippen LogP contribution in [0.15, 0.2) is 114 Å². The number of nitrogens with zero attached hydrogens (tertiary/aromatic N) is 2. The fourth-order valence-electron chi connectivity index (χ4n) is 5.75. The molecule has 46 heavy (non-hydrogen) atoms. The van der Waals surface area contributed by atoms with Crippen molar-refractivity contribution in [1.29, 1.82) is 0 Å². The van der Waals surface area contributed by atoms with Crippen LogP contribution in [-0.4, -0.2) is 50.9 Å². The molecule has 0 spiro atoms. The molecule has 1 aliphatic carbocycles. The summed E-state index contributed by atoms with van der Waals surface area (Å²) in [5.41, 5.74) is 1.92. The highest BCUT2D eigenvalue weighted by Crippen LogP contribution is 2.27. The zero-order chi connectivity index (χ0) is 32.5. The monoisotopic (exact) mass is 659 g/mol. The Bertz CT molecular complexity index is 1710. The van der Waals surface area contributed by atoms with Crippen molar-refractivity contribution in [3.05, 3.63) is 125 Å². The number of hydrogen-bond acceptors (Lipinski definition) is 5. The first-order valence-corrected chi connectivity index (χ1v) is 17.2. The average Bonchev–Trinajstić information content (AvgIpc) is 3.59. The number of methoxy groups -OCH3 is 1. The standard InChI is InChI=1S/C36H38ClN3O5S/c1-45-32-19-21-33(22-20-32)46(43,44)40(31-17-6-3-7-18-31)26-35(41)39(25-28-13-10-14-29(37)23-28)34(24-27-11-4-2-5-12-27)36(42)38-30-15-8-9-16-30/h2-7,10-14,17-23,30,34H,8-9,15-16,24-26H2,1H3,(H,38,42). The number of ether oxygens (including phenoxy) is 1. The lowest BCUT2D eigenvalue weighted by atomic mass is 10.0. The Labute approximate surface area is 276 Å². The van der Waals surface area contributed by atoms with Crippen LogP contribution in [0.2, 0.25) is 5.02 Å². The van der Waals surface area contributed by atoms with E-state index in [-0.39, 0.29) is 29.8 Å².